The van der Waals surface area contributed by atoms with E-state index in [-0.39, 0.29) is 29.1 Å². The predicted octanol–water partition coefficient (Wildman–Crippen LogP) is 5.51. The van der Waals surface area contributed by atoms with E-state index in [4.69, 9.17) is 27.9 Å². The molecule has 1 spiro atoms. The van der Waals surface area contributed by atoms with Gasteiger partial charge in [-0.1, -0.05) is 53.5 Å². The Bertz CT molecular complexity index is 1500. The Morgan fingerprint density at radius 2 is 1.98 bits per heavy atom. The van der Waals surface area contributed by atoms with E-state index in [0.717, 1.165) is 5.56 Å². The van der Waals surface area contributed by atoms with Crippen LogP contribution in [0.3, 0.4) is 0 Å². The van der Waals surface area contributed by atoms with Crippen molar-refractivity contribution in [3.05, 3.63) is 93.2 Å². The molecular formula is C30H28Cl2FN3O4. The van der Waals surface area contributed by atoms with E-state index in [1.807, 2.05) is 42.2 Å². The second-order valence-corrected chi connectivity index (χ2v) is 11.3. The van der Waals surface area contributed by atoms with Crippen LogP contribution in [0, 0.1) is 5.82 Å². The van der Waals surface area contributed by atoms with Crippen LogP contribution in [0.2, 0.25) is 10.0 Å². The summed E-state index contributed by atoms with van der Waals surface area (Å²) in [6.45, 7) is 3.06. The number of carbonyl (C=O) groups excluding carboxylic acids is 1. The number of carboxylic acids is 1. The van der Waals surface area contributed by atoms with Crippen LogP contribution in [0.25, 0.3) is 0 Å². The third-order valence-electron chi connectivity index (χ3n) is 8.38. The molecule has 4 atom stereocenters. The van der Waals surface area contributed by atoms with Crippen molar-refractivity contribution in [3.63, 3.8) is 0 Å². The Labute approximate surface area is 241 Å². The number of rotatable bonds is 7. The molecule has 3 aliphatic heterocycles. The van der Waals surface area contributed by atoms with Crippen molar-refractivity contribution in [3.8, 4) is 5.75 Å². The lowest BCUT2D eigenvalue weighted by atomic mass is 9.73. The lowest BCUT2D eigenvalue weighted by Gasteiger charge is -2.41. The van der Waals surface area contributed by atoms with Crippen molar-refractivity contribution in [1.29, 1.82) is 0 Å². The topological polar surface area (TPSA) is 82.1 Å². The van der Waals surface area contributed by atoms with Crippen molar-refractivity contribution < 1.29 is 23.8 Å². The zero-order valence-electron chi connectivity index (χ0n) is 21.7. The molecule has 0 saturated carbocycles. The average molecular weight is 584 g/mol. The van der Waals surface area contributed by atoms with Gasteiger partial charge in [-0.15, -0.1) is 0 Å². The zero-order valence-corrected chi connectivity index (χ0v) is 23.3. The zero-order chi connectivity index (χ0) is 28.2. The molecule has 40 heavy (non-hydrogen) atoms. The van der Waals surface area contributed by atoms with Crippen molar-refractivity contribution in [2.24, 2.45) is 0 Å². The molecule has 208 valence electrons. The Balaban J connectivity index is 1.60. The number of hydrogen-bond acceptors (Lipinski definition) is 5. The first-order valence-electron chi connectivity index (χ1n) is 13.3. The number of nitrogens with zero attached hydrogens (tertiary/aromatic N) is 2. The highest BCUT2D eigenvalue weighted by molar-refractivity contribution is 6.31. The molecule has 0 unspecified atom stereocenters. The first-order chi connectivity index (χ1) is 19.2. The van der Waals surface area contributed by atoms with E-state index in [0.29, 0.717) is 48.1 Å². The fourth-order valence-electron chi connectivity index (χ4n) is 7.07. The molecular weight excluding hydrogens is 556 g/mol. The van der Waals surface area contributed by atoms with Gasteiger partial charge in [0, 0.05) is 47.4 Å². The average Bonchev–Trinajstić information content (AvgIpc) is 3.52. The monoisotopic (exact) mass is 583 g/mol. The number of halogens is 3. The van der Waals surface area contributed by atoms with Crippen LogP contribution < -0.4 is 10.1 Å². The SMILES string of the molecule is CCOc1cccc(CN2[C@H]3CCN(CC(=O)O)[C@H]3[C@H](c3cccc(Cl)c3F)[C@]23C(=O)Nc2cc(Cl)ccc23)c1. The van der Waals surface area contributed by atoms with Crippen LogP contribution >= 0.6 is 23.2 Å². The molecule has 6 rings (SSSR count). The van der Waals surface area contributed by atoms with Crippen molar-refractivity contribution in [1.82, 2.24) is 9.80 Å². The number of likely N-dealkylation sites (tertiary alicyclic amines) is 2. The predicted molar refractivity (Wildman–Crippen MR) is 150 cm³/mol. The Hall–Kier alpha value is -3.17. The van der Waals surface area contributed by atoms with Crippen LogP contribution in [-0.2, 0) is 21.7 Å². The van der Waals surface area contributed by atoms with Gasteiger partial charge in [0.15, 0.2) is 0 Å². The van der Waals surface area contributed by atoms with E-state index in [2.05, 4.69) is 10.2 Å². The third kappa shape index (κ3) is 4.16. The number of benzene rings is 3. The first-order valence-corrected chi connectivity index (χ1v) is 14.0. The summed E-state index contributed by atoms with van der Waals surface area (Å²) >= 11 is 12.6. The summed E-state index contributed by atoms with van der Waals surface area (Å²) in [7, 11) is 0. The van der Waals surface area contributed by atoms with Crippen LogP contribution in [0.5, 0.6) is 5.75 Å². The molecule has 0 radical (unpaired) electrons. The molecule has 3 aromatic rings. The van der Waals surface area contributed by atoms with Gasteiger partial charge in [0.1, 0.15) is 17.1 Å². The van der Waals surface area contributed by atoms with Gasteiger partial charge in [-0.2, -0.15) is 0 Å². The number of amides is 1. The van der Waals surface area contributed by atoms with Crippen molar-refractivity contribution in [2.75, 3.05) is 25.0 Å². The Morgan fingerprint density at radius 1 is 1.18 bits per heavy atom. The highest BCUT2D eigenvalue weighted by atomic mass is 35.5. The van der Waals surface area contributed by atoms with Gasteiger partial charge in [-0.05, 0) is 54.8 Å². The summed E-state index contributed by atoms with van der Waals surface area (Å²) in [6.07, 6.45) is 0.611. The fraction of sp³-hybridized carbons (Fsp3) is 0.333. The summed E-state index contributed by atoms with van der Waals surface area (Å²) in [6, 6.07) is 17.0. The summed E-state index contributed by atoms with van der Waals surface area (Å²) < 4.78 is 21.7. The minimum absolute atomic E-state index is 0.0513. The van der Waals surface area contributed by atoms with Crippen LogP contribution in [-0.4, -0.2) is 58.6 Å². The normalized spacial score (nSPS) is 25.7. The molecule has 3 aromatic carbocycles. The molecule has 3 heterocycles. The molecule has 1 amide bonds. The summed E-state index contributed by atoms with van der Waals surface area (Å²) in [5, 5.41) is 13.2. The van der Waals surface area contributed by atoms with Gasteiger partial charge in [0.25, 0.3) is 0 Å². The standard InChI is InChI=1S/C30H28Cl2FN3O4/c1-2-40-19-6-3-5-17(13-19)15-36-24-11-12-35(16-25(37)38)28(24)26(20-7-4-8-22(32)27(20)33)30(36)21-10-9-18(31)14-23(21)34-29(30)39/h3-10,13-14,24,26,28H,2,11-12,15-16H2,1H3,(H,34,39)(H,37,38)/t24-,26-,28+,30+/m0/s1. The number of anilines is 1. The van der Waals surface area contributed by atoms with Gasteiger partial charge in [0.05, 0.1) is 18.2 Å². The van der Waals surface area contributed by atoms with Gasteiger partial charge in [0.2, 0.25) is 5.91 Å². The maximum atomic E-state index is 15.9. The number of nitrogens with one attached hydrogen (secondary N) is 1. The van der Waals surface area contributed by atoms with E-state index in [1.165, 1.54) is 6.07 Å². The maximum absolute atomic E-state index is 15.9. The van der Waals surface area contributed by atoms with Crippen molar-refractivity contribution in [2.45, 2.75) is 43.4 Å². The Morgan fingerprint density at radius 3 is 2.75 bits per heavy atom. The Kier molecular flexibility index (Phi) is 6.99. The molecule has 2 saturated heterocycles. The highest BCUT2D eigenvalue weighted by Gasteiger charge is 2.69. The van der Waals surface area contributed by atoms with Crippen molar-refractivity contribution >= 4 is 40.8 Å². The minimum Gasteiger partial charge on any atom is -0.494 e. The van der Waals surface area contributed by atoms with E-state index in [1.54, 1.807) is 24.3 Å². The van der Waals surface area contributed by atoms with E-state index in [9.17, 15) is 14.7 Å². The molecule has 2 fully saturated rings. The molecule has 3 aliphatic rings. The lowest BCUT2D eigenvalue weighted by molar-refractivity contribution is -0.138. The molecule has 2 N–H and O–H groups in total. The van der Waals surface area contributed by atoms with Gasteiger partial charge in [-0.25, -0.2) is 4.39 Å². The fourth-order valence-corrected chi connectivity index (χ4v) is 7.43. The highest BCUT2D eigenvalue weighted by Crippen LogP contribution is 2.61. The van der Waals surface area contributed by atoms with Crippen LogP contribution in [0.15, 0.2) is 60.7 Å². The smallest absolute Gasteiger partial charge is 0.317 e. The quantitative estimate of drug-likeness (QED) is 0.382. The van der Waals surface area contributed by atoms with Gasteiger partial charge in [-0.3, -0.25) is 19.4 Å². The minimum atomic E-state index is -1.35. The molecule has 0 bridgehead atoms. The first kappa shape index (κ1) is 27.0. The number of carboxylic acid groups (broad SMARTS) is 1. The molecule has 10 heteroatoms. The van der Waals surface area contributed by atoms with Gasteiger partial charge >= 0.3 is 5.97 Å². The number of ether oxygens (including phenoxy) is 1. The number of fused-ring (bicyclic) bond motifs is 3. The largest absolute Gasteiger partial charge is 0.494 e. The number of aliphatic carboxylic acids is 1. The van der Waals surface area contributed by atoms with Crippen LogP contribution in [0.1, 0.15) is 36.0 Å². The number of hydrogen-bond donors (Lipinski definition) is 2. The molecule has 0 aliphatic carbocycles. The summed E-state index contributed by atoms with van der Waals surface area (Å²) in [5.74, 6) is -1.93. The molecule has 0 aromatic heterocycles. The number of carbonyl (C=O) groups is 2. The lowest BCUT2D eigenvalue weighted by Crippen LogP contribution is -2.52. The summed E-state index contributed by atoms with van der Waals surface area (Å²) in [4.78, 5) is 30.3. The van der Waals surface area contributed by atoms with E-state index >= 15 is 4.39 Å². The van der Waals surface area contributed by atoms with Crippen LogP contribution in [0.4, 0.5) is 10.1 Å². The maximum Gasteiger partial charge on any atom is 0.317 e. The van der Waals surface area contributed by atoms with E-state index < -0.39 is 29.3 Å². The second-order valence-electron chi connectivity index (χ2n) is 10.5. The third-order valence-corrected chi connectivity index (χ3v) is 8.90. The molecule has 7 nitrogen and oxygen atoms in total. The second kappa shape index (κ2) is 10.3. The summed E-state index contributed by atoms with van der Waals surface area (Å²) in [5.41, 5.74) is 1.09. The van der Waals surface area contributed by atoms with Gasteiger partial charge < -0.3 is 15.2 Å².